The van der Waals surface area contributed by atoms with E-state index in [1.165, 1.54) is 29.2 Å². The molecule has 100 valence electrons. The molecule has 0 atom stereocenters. The highest BCUT2D eigenvalue weighted by Gasteiger charge is 2.10. The second-order valence-electron chi connectivity index (χ2n) is 3.71. The average molecular weight is 296 g/mol. The second kappa shape index (κ2) is 6.03. The van der Waals surface area contributed by atoms with Crippen molar-refractivity contribution < 1.29 is 14.6 Å². The Balaban J connectivity index is 2.17. The van der Waals surface area contributed by atoms with E-state index in [4.69, 9.17) is 9.84 Å². The van der Waals surface area contributed by atoms with Crippen molar-refractivity contribution in [2.75, 3.05) is 7.11 Å². The van der Waals surface area contributed by atoms with Crippen molar-refractivity contribution in [1.29, 1.82) is 0 Å². The predicted molar refractivity (Wildman–Crippen MR) is 74.2 cm³/mol. The van der Waals surface area contributed by atoms with Crippen LogP contribution in [0.1, 0.15) is 20.9 Å². The second-order valence-corrected chi connectivity index (χ2v) is 6.11. The Hall–Kier alpha value is -1.60. The highest BCUT2D eigenvalue weighted by molar-refractivity contribution is 8.00. The molecule has 0 spiro atoms. The highest BCUT2D eigenvalue weighted by atomic mass is 32.2. The van der Waals surface area contributed by atoms with Crippen LogP contribution in [0.25, 0.3) is 0 Å². The largest absolute Gasteiger partial charge is 0.496 e. The minimum absolute atomic E-state index is 0.254. The minimum Gasteiger partial charge on any atom is -0.496 e. The molecule has 1 aromatic carbocycles. The van der Waals surface area contributed by atoms with Crippen molar-refractivity contribution in [3.63, 3.8) is 0 Å². The molecule has 7 heteroatoms. The van der Waals surface area contributed by atoms with Crippen LogP contribution in [-0.2, 0) is 5.75 Å². The van der Waals surface area contributed by atoms with Gasteiger partial charge in [-0.15, -0.1) is 10.2 Å². The van der Waals surface area contributed by atoms with Gasteiger partial charge in [0, 0.05) is 11.3 Å². The summed E-state index contributed by atoms with van der Waals surface area (Å²) in [6.07, 6.45) is 0. The molecule has 0 aliphatic carbocycles. The molecule has 19 heavy (non-hydrogen) atoms. The van der Waals surface area contributed by atoms with Crippen molar-refractivity contribution in [1.82, 2.24) is 10.2 Å². The van der Waals surface area contributed by atoms with E-state index in [0.717, 1.165) is 14.9 Å². The van der Waals surface area contributed by atoms with E-state index in [2.05, 4.69) is 10.2 Å². The lowest BCUT2D eigenvalue weighted by atomic mass is 10.1. The summed E-state index contributed by atoms with van der Waals surface area (Å²) in [5, 5.41) is 17.9. The number of thioether (sulfide) groups is 1. The fourth-order valence-corrected chi connectivity index (χ4v) is 3.29. The summed E-state index contributed by atoms with van der Waals surface area (Å²) in [7, 11) is 1.57. The summed E-state index contributed by atoms with van der Waals surface area (Å²) >= 11 is 3.03. The molecule has 2 rings (SSSR count). The number of carboxylic acids is 1. The number of methoxy groups -OCH3 is 1. The van der Waals surface area contributed by atoms with Gasteiger partial charge in [0.2, 0.25) is 0 Å². The van der Waals surface area contributed by atoms with E-state index in [1.54, 1.807) is 19.2 Å². The molecule has 0 aliphatic rings. The van der Waals surface area contributed by atoms with E-state index in [1.807, 2.05) is 6.92 Å². The summed E-state index contributed by atoms with van der Waals surface area (Å²) in [5.41, 5.74) is 1.09. The summed E-state index contributed by atoms with van der Waals surface area (Å²) in [4.78, 5) is 11.0. The maximum Gasteiger partial charge on any atom is 0.335 e. The molecule has 0 unspecified atom stereocenters. The van der Waals surface area contributed by atoms with Gasteiger partial charge in [-0.25, -0.2) is 4.79 Å². The first-order chi connectivity index (χ1) is 9.10. The number of ether oxygens (including phenoxy) is 1. The quantitative estimate of drug-likeness (QED) is 0.855. The van der Waals surface area contributed by atoms with Gasteiger partial charge >= 0.3 is 5.97 Å². The lowest BCUT2D eigenvalue weighted by molar-refractivity contribution is 0.0696. The topological polar surface area (TPSA) is 72.3 Å². The number of nitrogens with zero attached hydrogens (tertiary/aromatic N) is 2. The number of carboxylic acid groups (broad SMARTS) is 1. The van der Waals surface area contributed by atoms with Gasteiger partial charge in [0.15, 0.2) is 4.34 Å². The number of hydrogen-bond acceptors (Lipinski definition) is 6. The highest BCUT2D eigenvalue weighted by Crippen LogP contribution is 2.30. The maximum absolute atomic E-state index is 11.0. The molecule has 1 heterocycles. The van der Waals surface area contributed by atoms with E-state index >= 15 is 0 Å². The van der Waals surface area contributed by atoms with Gasteiger partial charge in [-0.1, -0.05) is 23.1 Å². The Morgan fingerprint density at radius 3 is 2.84 bits per heavy atom. The van der Waals surface area contributed by atoms with E-state index in [9.17, 15) is 4.79 Å². The Morgan fingerprint density at radius 1 is 1.47 bits per heavy atom. The van der Waals surface area contributed by atoms with Crippen molar-refractivity contribution in [3.8, 4) is 5.75 Å². The molecule has 1 aromatic heterocycles. The summed E-state index contributed by atoms with van der Waals surface area (Å²) in [6.45, 7) is 1.90. The number of aromatic carboxylic acids is 1. The van der Waals surface area contributed by atoms with Crippen LogP contribution in [0.2, 0.25) is 0 Å². The van der Waals surface area contributed by atoms with Gasteiger partial charge in [0.05, 0.1) is 12.7 Å². The third-order valence-electron chi connectivity index (χ3n) is 2.39. The van der Waals surface area contributed by atoms with Gasteiger partial charge in [0.25, 0.3) is 0 Å². The van der Waals surface area contributed by atoms with Crippen molar-refractivity contribution in [2.24, 2.45) is 0 Å². The standard InChI is InChI=1S/C12H12N2O3S2/c1-7-13-14-12(19-7)18-6-9-5-8(11(15)16)3-4-10(9)17-2/h3-5H,6H2,1-2H3,(H,15,16). The number of benzene rings is 1. The Labute approximate surface area is 118 Å². The SMILES string of the molecule is COc1ccc(C(=O)O)cc1CSc1nnc(C)s1. The number of carbonyl (C=O) groups is 1. The zero-order chi connectivity index (χ0) is 13.8. The van der Waals surface area contributed by atoms with Crippen LogP contribution in [0.5, 0.6) is 5.75 Å². The monoisotopic (exact) mass is 296 g/mol. The summed E-state index contributed by atoms with van der Waals surface area (Å²) in [6, 6.07) is 4.83. The van der Waals surface area contributed by atoms with Gasteiger partial charge in [0.1, 0.15) is 10.8 Å². The number of rotatable bonds is 5. The Morgan fingerprint density at radius 2 is 2.26 bits per heavy atom. The van der Waals surface area contributed by atoms with Crippen molar-refractivity contribution in [2.45, 2.75) is 17.0 Å². The van der Waals surface area contributed by atoms with Crippen LogP contribution in [-0.4, -0.2) is 28.4 Å². The third-order valence-corrected chi connectivity index (χ3v) is 4.41. The molecule has 0 fully saturated rings. The first-order valence-electron chi connectivity index (χ1n) is 5.43. The van der Waals surface area contributed by atoms with Crippen LogP contribution >= 0.6 is 23.1 Å². The molecule has 0 saturated heterocycles. The lowest BCUT2D eigenvalue weighted by Gasteiger charge is -2.08. The van der Waals surface area contributed by atoms with Crippen LogP contribution < -0.4 is 4.74 Å². The first kappa shape index (κ1) is 13.8. The zero-order valence-electron chi connectivity index (χ0n) is 10.4. The van der Waals surface area contributed by atoms with E-state index in [0.29, 0.717) is 11.5 Å². The minimum atomic E-state index is -0.944. The first-order valence-corrected chi connectivity index (χ1v) is 7.23. The van der Waals surface area contributed by atoms with Gasteiger partial charge < -0.3 is 9.84 Å². The molecule has 0 saturated carbocycles. The van der Waals surface area contributed by atoms with Crippen molar-refractivity contribution >= 4 is 29.1 Å². The van der Waals surface area contributed by atoms with E-state index in [-0.39, 0.29) is 5.56 Å². The fraction of sp³-hybridized carbons (Fsp3) is 0.250. The normalized spacial score (nSPS) is 10.4. The maximum atomic E-state index is 11.0. The van der Waals surface area contributed by atoms with Crippen LogP contribution in [0.3, 0.4) is 0 Å². The smallest absolute Gasteiger partial charge is 0.335 e. The molecule has 0 radical (unpaired) electrons. The van der Waals surface area contributed by atoms with Crippen LogP contribution in [0, 0.1) is 6.92 Å². The zero-order valence-corrected chi connectivity index (χ0v) is 12.0. The Bertz CT molecular complexity index is 598. The molecule has 2 aromatic rings. The lowest BCUT2D eigenvalue weighted by Crippen LogP contribution is -1.99. The molecule has 0 amide bonds. The fourth-order valence-electron chi connectivity index (χ4n) is 1.50. The predicted octanol–water partition coefficient (Wildman–Crippen LogP) is 2.85. The van der Waals surface area contributed by atoms with Crippen LogP contribution in [0.15, 0.2) is 22.5 Å². The molecular weight excluding hydrogens is 284 g/mol. The molecule has 5 nitrogen and oxygen atoms in total. The van der Waals surface area contributed by atoms with E-state index < -0.39 is 5.97 Å². The average Bonchev–Trinajstić information content (AvgIpc) is 2.81. The van der Waals surface area contributed by atoms with Gasteiger partial charge in [-0.2, -0.15) is 0 Å². The number of aromatic nitrogens is 2. The molecule has 0 bridgehead atoms. The van der Waals surface area contributed by atoms with Crippen molar-refractivity contribution in [3.05, 3.63) is 34.3 Å². The number of aryl methyl sites for hydroxylation is 1. The summed E-state index contributed by atoms with van der Waals surface area (Å²) in [5.74, 6) is 0.332. The Kier molecular flexibility index (Phi) is 4.39. The summed E-state index contributed by atoms with van der Waals surface area (Å²) < 4.78 is 6.10. The third kappa shape index (κ3) is 3.45. The van der Waals surface area contributed by atoms with Crippen LogP contribution in [0.4, 0.5) is 0 Å². The van der Waals surface area contributed by atoms with Gasteiger partial charge in [-0.05, 0) is 25.1 Å². The number of hydrogen-bond donors (Lipinski definition) is 1. The van der Waals surface area contributed by atoms with Gasteiger partial charge in [-0.3, -0.25) is 0 Å². The molecule has 1 N–H and O–H groups in total. The molecular formula is C12H12N2O3S2. The molecule has 0 aliphatic heterocycles.